The Morgan fingerprint density at radius 2 is 1.63 bits per heavy atom. The lowest BCUT2D eigenvalue weighted by Gasteiger charge is -2.37. The zero-order chi connectivity index (χ0) is 19.4. The molecular formula is C24H30F2O. The zero-order valence-corrected chi connectivity index (χ0v) is 16.7. The molecule has 0 spiro atoms. The van der Waals surface area contributed by atoms with E-state index in [2.05, 4.69) is 26.0 Å². The Bertz CT molecular complexity index is 759. The number of hydrogen-bond donors (Lipinski definition) is 0. The summed E-state index contributed by atoms with van der Waals surface area (Å²) < 4.78 is 33.7. The van der Waals surface area contributed by atoms with Crippen LogP contribution in [0.2, 0.25) is 0 Å². The average molecular weight is 372 g/mol. The molecule has 2 aromatic carbocycles. The molecule has 0 radical (unpaired) electrons. The number of ether oxygens (including phenoxy) is 1. The van der Waals surface area contributed by atoms with Gasteiger partial charge in [0.2, 0.25) is 5.82 Å². The minimum Gasteiger partial charge on any atom is -0.491 e. The molecule has 1 nitrogen and oxygen atoms in total. The molecule has 0 amide bonds. The largest absolute Gasteiger partial charge is 0.491 e. The van der Waals surface area contributed by atoms with Crippen molar-refractivity contribution in [1.29, 1.82) is 0 Å². The van der Waals surface area contributed by atoms with E-state index in [1.54, 1.807) is 13.0 Å². The first kappa shape index (κ1) is 19.9. The highest BCUT2D eigenvalue weighted by molar-refractivity contribution is 5.65. The van der Waals surface area contributed by atoms with Gasteiger partial charge < -0.3 is 4.74 Å². The Balaban J connectivity index is 1.74. The van der Waals surface area contributed by atoms with Crippen molar-refractivity contribution >= 4 is 0 Å². The second kappa shape index (κ2) is 8.41. The van der Waals surface area contributed by atoms with Gasteiger partial charge in [-0.05, 0) is 73.6 Å². The fraction of sp³-hybridized carbons (Fsp3) is 0.500. The van der Waals surface area contributed by atoms with Crippen LogP contribution >= 0.6 is 0 Å². The van der Waals surface area contributed by atoms with E-state index in [1.165, 1.54) is 50.2 Å². The van der Waals surface area contributed by atoms with Crippen LogP contribution in [0.1, 0.15) is 70.8 Å². The summed E-state index contributed by atoms with van der Waals surface area (Å²) in [5, 5.41) is 0. The standard InChI is InChI=1S/C24H30F2O/c1-4-14-24(3)15-12-18(13-16-24)17-6-8-19(9-7-17)20-10-11-21(27-5-2)23(26)22(20)25/h6-11,18H,4-5,12-16H2,1-3H3. The van der Waals surface area contributed by atoms with Crippen LogP contribution in [0.25, 0.3) is 11.1 Å². The maximum absolute atomic E-state index is 14.4. The molecule has 3 rings (SSSR count). The van der Waals surface area contributed by atoms with Crippen molar-refractivity contribution in [2.45, 2.75) is 65.2 Å². The number of hydrogen-bond acceptors (Lipinski definition) is 1. The van der Waals surface area contributed by atoms with Gasteiger partial charge in [-0.3, -0.25) is 0 Å². The third kappa shape index (κ3) is 4.34. The van der Waals surface area contributed by atoms with E-state index in [-0.39, 0.29) is 11.3 Å². The van der Waals surface area contributed by atoms with E-state index in [0.717, 1.165) is 0 Å². The fourth-order valence-corrected chi connectivity index (χ4v) is 4.46. The molecule has 1 aliphatic rings. The monoisotopic (exact) mass is 372 g/mol. The van der Waals surface area contributed by atoms with Gasteiger partial charge in [-0.25, -0.2) is 4.39 Å². The zero-order valence-electron chi connectivity index (χ0n) is 16.7. The quantitative estimate of drug-likeness (QED) is 0.510. The summed E-state index contributed by atoms with van der Waals surface area (Å²) in [5.41, 5.74) is 2.78. The lowest BCUT2D eigenvalue weighted by Crippen LogP contribution is -2.23. The molecule has 27 heavy (non-hydrogen) atoms. The molecule has 3 heteroatoms. The summed E-state index contributed by atoms with van der Waals surface area (Å²) in [5.74, 6) is -1.22. The second-order valence-corrected chi connectivity index (χ2v) is 8.13. The Kier molecular flexibility index (Phi) is 6.18. The molecule has 0 heterocycles. The van der Waals surface area contributed by atoms with Crippen LogP contribution in [0.15, 0.2) is 36.4 Å². The lowest BCUT2D eigenvalue weighted by molar-refractivity contribution is 0.182. The highest BCUT2D eigenvalue weighted by Crippen LogP contribution is 2.45. The van der Waals surface area contributed by atoms with Crippen molar-refractivity contribution in [3.63, 3.8) is 0 Å². The Morgan fingerprint density at radius 3 is 2.22 bits per heavy atom. The maximum atomic E-state index is 14.4. The first-order valence-corrected chi connectivity index (χ1v) is 10.2. The highest BCUT2D eigenvalue weighted by Gasteiger charge is 2.30. The Morgan fingerprint density at radius 1 is 0.963 bits per heavy atom. The predicted octanol–water partition coefficient (Wildman–Crippen LogP) is 7.49. The van der Waals surface area contributed by atoms with Crippen LogP contribution in [0, 0.1) is 17.0 Å². The van der Waals surface area contributed by atoms with Crippen LogP contribution in [0.4, 0.5) is 8.78 Å². The summed E-state index contributed by atoms with van der Waals surface area (Å²) in [4.78, 5) is 0. The smallest absolute Gasteiger partial charge is 0.201 e. The third-order valence-corrected chi connectivity index (χ3v) is 6.09. The summed E-state index contributed by atoms with van der Waals surface area (Å²) >= 11 is 0. The van der Waals surface area contributed by atoms with Crippen molar-refractivity contribution in [2.24, 2.45) is 5.41 Å². The Labute approximate surface area is 161 Å². The first-order chi connectivity index (χ1) is 13.0. The van der Waals surface area contributed by atoms with Crippen LogP contribution in [-0.4, -0.2) is 6.61 Å². The predicted molar refractivity (Wildman–Crippen MR) is 107 cm³/mol. The van der Waals surface area contributed by atoms with Gasteiger partial charge in [-0.2, -0.15) is 4.39 Å². The van der Waals surface area contributed by atoms with Crippen molar-refractivity contribution in [3.05, 3.63) is 53.6 Å². The van der Waals surface area contributed by atoms with Crippen molar-refractivity contribution < 1.29 is 13.5 Å². The van der Waals surface area contributed by atoms with Crippen LogP contribution in [0.3, 0.4) is 0 Å². The first-order valence-electron chi connectivity index (χ1n) is 10.2. The third-order valence-electron chi connectivity index (χ3n) is 6.09. The highest BCUT2D eigenvalue weighted by atomic mass is 19.2. The molecule has 1 fully saturated rings. The molecule has 0 bridgehead atoms. The lowest BCUT2D eigenvalue weighted by atomic mass is 9.68. The minimum atomic E-state index is -0.916. The van der Waals surface area contributed by atoms with Gasteiger partial charge in [0.05, 0.1) is 6.61 Å². The van der Waals surface area contributed by atoms with Crippen molar-refractivity contribution in [3.8, 4) is 16.9 Å². The topological polar surface area (TPSA) is 9.23 Å². The van der Waals surface area contributed by atoms with Crippen LogP contribution in [0.5, 0.6) is 5.75 Å². The van der Waals surface area contributed by atoms with E-state index < -0.39 is 11.6 Å². The fourth-order valence-electron chi connectivity index (χ4n) is 4.46. The molecule has 0 saturated heterocycles. The van der Waals surface area contributed by atoms with E-state index in [1.807, 2.05) is 12.1 Å². The van der Waals surface area contributed by atoms with Crippen molar-refractivity contribution in [1.82, 2.24) is 0 Å². The number of benzene rings is 2. The number of rotatable bonds is 6. The molecule has 1 saturated carbocycles. The maximum Gasteiger partial charge on any atom is 0.201 e. The van der Waals surface area contributed by atoms with Crippen LogP contribution in [-0.2, 0) is 0 Å². The molecule has 0 unspecified atom stereocenters. The van der Waals surface area contributed by atoms with Gasteiger partial charge in [0.1, 0.15) is 0 Å². The van der Waals surface area contributed by atoms with Gasteiger partial charge in [-0.1, -0.05) is 44.5 Å². The van der Waals surface area contributed by atoms with E-state index >= 15 is 0 Å². The second-order valence-electron chi connectivity index (χ2n) is 8.13. The van der Waals surface area contributed by atoms with E-state index in [4.69, 9.17) is 4.74 Å². The summed E-state index contributed by atoms with van der Waals surface area (Å²) in [6.45, 7) is 6.74. The molecule has 0 aromatic heterocycles. The van der Waals surface area contributed by atoms with Gasteiger partial charge >= 0.3 is 0 Å². The van der Waals surface area contributed by atoms with Crippen LogP contribution < -0.4 is 4.74 Å². The normalized spacial score (nSPS) is 22.6. The minimum absolute atomic E-state index is 0.0345. The van der Waals surface area contributed by atoms with Gasteiger partial charge in [0, 0.05) is 5.56 Å². The summed E-state index contributed by atoms with van der Waals surface area (Å²) in [7, 11) is 0. The average Bonchev–Trinajstić information content (AvgIpc) is 2.67. The van der Waals surface area contributed by atoms with Gasteiger partial charge in [0.25, 0.3) is 0 Å². The molecule has 2 aromatic rings. The summed E-state index contributed by atoms with van der Waals surface area (Å²) in [6.07, 6.45) is 7.52. The van der Waals surface area contributed by atoms with Gasteiger partial charge in [-0.15, -0.1) is 0 Å². The van der Waals surface area contributed by atoms with Gasteiger partial charge in [0.15, 0.2) is 11.6 Å². The summed E-state index contributed by atoms with van der Waals surface area (Å²) in [6, 6.07) is 11.1. The van der Waals surface area contributed by atoms with E-state index in [0.29, 0.717) is 23.5 Å². The Hall–Kier alpha value is -1.90. The molecular weight excluding hydrogens is 342 g/mol. The number of halogens is 2. The van der Waals surface area contributed by atoms with Crippen molar-refractivity contribution in [2.75, 3.05) is 6.61 Å². The van der Waals surface area contributed by atoms with E-state index in [9.17, 15) is 8.78 Å². The SMILES string of the molecule is CCCC1(C)CCC(c2ccc(-c3ccc(OCC)c(F)c3F)cc2)CC1. The molecule has 0 N–H and O–H groups in total. The molecule has 0 atom stereocenters. The molecule has 146 valence electrons. The molecule has 1 aliphatic carbocycles. The molecule has 0 aliphatic heterocycles.